The van der Waals surface area contributed by atoms with Crippen molar-refractivity contribution in [3.05, 3.63) is 110 Å². The Morgan fingerprint density at radius 2 is 0.981 bits per heavy atom. The number of anilines is 4. The Kier molecular flexibility index (Phi) is 8.10. The summed E-state index contributed by atoms with van der Waals surface area (Å²) in [6.07, 6.45) is 11.0. The fraction of sp³-hybridized carbons (Fsp3) is 0.209. The smallest absolute Gasteiger partial charge is 0.123 e. The SMILES string of the molecule is CC(C)P1c2cc3cccnc3cc2N(C)c2cc3ncccc3cc2[P+](C)(C(C)C)c2cc3cncnc3cc2N(C)c2cc3ncncc3cc21. The number of pyridine rings is 2. The van der Waals surface area contributed by atoms with Crippen molar-refractivity contribution in [3.63, 3.8) is 0 Å². The summed E-state index contributed by atoms with van der Waals surface area (Å²) in [6, 6.07) is 27.2. The molecule has 0 saturated heterocycles. The van der Waals surface area contributed by atoms with Gasteiger partial charge in [-0.1, -0.05) is 26.0 Å². The van der Waals surface area contributed by atoms with Gasteiger partial charge in [0.15, 0.2) is 0 Å². The fourth-order valence-electron chi connectivity index (χ4n) is 8.04. The molecule has 8 aromatic rings. The second kappa shape index (κ2) is 12.8. The van der Waals surface area contributed by atoms with E-state index < -0.39 is 15.2 Å². The van der Waals surface area contributed by atoms with Gasteiger partial charge in [-0.15, -0.1) is 0 Å². The van der Waals surface area contributed by atoms with E-state index in [1.54, 1.807) is 12.7 Å². The van der Waals surface area contributed by atoms with Crippen molar-refractivity contribution in [2.75, 3.05) is 30.6 Å². The highest BCUT2D eigenvalue weighted by molar-refractivity contribution is 7.90. The van der Waals surface area contributed by atoms with Crippen LogP contribution in [0, 0.1) is 0 Å². The van der Waals surface area contributed by atoms with E-state index in [9.17, 15) is 0 Å². The molecular formula is C43H41N8P2+. The fourth-order valence-corrected chi connectivity index (χ4v) is 14.5. The molecule has 0 radical (unpaired) electrons. The predicted octanol–water partition coefficient (Wildman–Crippen LogP) is 8.37. The summed E-state index contributed by atoms with van der Waals surface area (Å²) in [5.74, 6) is 0. The maximum atomic E-state index is 4.89. The first-order valence-corrected chi connectivity index (χ1v) is 21.7. The topological polar surface area (TPSA) is 83.8 Å². The van der Waals surface area contributed by atoms with Gasteiger partial charge in [0.25, 0.3) is 0 Å². The Labute approximate surface area is 311 Å². The van der Waals surface area contributed by atoms with Crippen molar-refractivity contribution < 1.29 is 0 Å². The summed E-state index contributed by atoms with van der Waals surface area (Å²) >= 11 is 0. The number of rotatable bonds is 2. The molecule has 0 aliphatic carbocycles. The molecule has 262 valence electrons. The molecule has 0 saturated carbocycles. The third kappa shape index (κ3) is 5.34. The van der Waals surface area contributed by atoms with Gasteiger partial charge >= 0.3 is 0 Å². The number of benzene rings is 4. The average Bonchev–Trinajstić information content (AvgIpc) is 3.18. The van der Waals surface area contributed by atoms with Crippen LogP contribution < -0.4 is 31.0 Å². The molecule has 2 unspecified atom stereocenters. The maximum absolute atomic E-state index is 4.89. The van der Waals surface area contributed by atoms with Crippen LogP contribution in [0.1, 0.15) is 27.7 Å². The van der Waals surface area contributed by atoms with E-state index in [1.807, 2.05) is 36.9 Å². The molecular weight excluding hydrogens is 690 g/mol. The van der Waals surface area contributed by atoms with Crippen LogP contribution in [0.5, 0.6) is 0 Å². The van der Waals surface area contributed by atoms with E-state index in [-0.39, 0.29) is 0 Å². The van der Waals surface area contributed by atoms with Crippen LogP contribution in [0.4, 0.5) is 22.7 Å². The monoisotopic (exact) mass is 731 g/mol. The molecule has 2 atom stereocenters. The zero-order valence-electron chi connectivity index (χ0n) is 31.0. The van der Waals surface area contributed by atoms with Crippen LogP contribution in [0.2, 0.25) is 0 Å². The molecule has 8 nitrogen and oxygen atoms in total. The van der Waals surface area contributed by atoms with Crippen LogP contribution in [0.25, 0.3) is 43.6 Å². The van der Waals surface area contributed by atoms with Crippen molar-refractivity contribution in [3.8, 4) is 0 Å². The quantitative estimate of drug-likeness (QED) is 0.164. The molecule has 9 rings (SSSR count). The lowest BCUT2D eigenvalue weighted by Crippen LogP contribution is -2.37. The molecule has 5 heterocycles. The lowest BCUT2D eigenvalue weighted by molar-refractivity contribution is 1.09. The number of aromatic nitrogens is 6. The second-order valence-corrected chi connectivity index (χ2v) is 21.6. The Morgan fingerprint density at radius 1 is 0.547 bits per heavy atom. The molecule has 1 aliphatic rings. The lowest BCUT2D eigenvalue weighted by Gasteiger charge is -2.38. The summed E-state index contributed by atoms with van der Waals surface area (Å²) in [5.41, 5.74) is 9.03. The molecule has 1 aliphatic heterocycles. The molecule has 0 amide bonds. The third-order valence-corrected chi connectivity index (χ3v) is 18.7. The highest BCUT2D eigenvalue weighted by Gasteiger charge is 2.47. The minimum Gasteiger partial charge on any atom is -0.341 e. The number of nitrogens with zero attached hydrogens (tertiary/aromatic N) is 8. The highest BCUT2D eigenvalue weighted by atomic mass is 31.2. The summed E-state index contributed by atoms with van der Waals surface area (Å²) in [7, 11) is 1.32. The molecule has 4 aromatic heterocycles. The lowest BCUT2D eigenvalue weighted by atomic mass is 10.1. The first-order chi connectivity index (χ1) is 25.6. The van der Waals surface area contributed by atoms with Crippen molar-refractivity contribution in [2.24, 2.45) is 0 Å². The van der Waals surface area contributed by atoms with E-state index in [0.29, 0.717) is 11.3 Å². The second-order valence-electron chi connectivity index (χ2n) is 14.7. The van der Waals surface area contributed by atoms with Crippen LogP contribution in [0.3, 0.4) is 0 Å². The summed E-state index contributed by atoms with van der Waals surface area (Å²) in [6.45, 7) is 12.0. The summed E-state index contributed by atoms with van der Waals surface area (Å²) < 4.78 is 0. The molecule has 4 aromatic carbocycles. The molecule has 0 spiro atoms. The zero-order chi connectivity index (χ0) is 36.6. The largest absolute Gasteiger partial charge is 0.341 e. The van der Waals surface area contributed by atoms with Gasteiger partial charge in [-0.05, 0) is 88.1 Å². The van der Waals surface area contributed by atoms with Crippen LogP contribution in [-0.2, 0) is 0 Å². The van der Waals surface area contributed by atoms with Crippen molar-refractivity contribution in [1.82, 2.24) is 29.9 Å². The van der Waals surface area contributed by atoms with Crippen molar-refractivity contribution in [1.29, 1.82) is 0 Å². The predicted molar refractivity (Wildman–Crippen MR) is 227 cm³/mol. The van der Waals surface area contributed by atoms with Gasteiger partial charge in [0.2, 0.25) is 0 Å². The van der Waals surface area contributed by atoms with Gasteiger partial charge in [-0.3, -0.25) is 9.97 Å². The first kappa shape index (κ1) is 33.7. The van der Waals surface area contributed by atoms with Gasteiger partial charge in [0.05, 0.1) is 64.4 Å². The minimum absolute atomic E-state index is 0.301. The van der Waals surface area contributed by atoms with Gasteiger partial charge in [-0.2, -0.15) is 0 Å². The molecule has 53 heavy (non-hydrogen) atoms. The number of fused-ring (bicyclic) bond motifs is 8. The number of hydrogen-bond donors (Lipinski definition) is 0. The Morgan fingerprint density at radius 3 is 1.49 bits per heavy atom. The standard InChI is InChI=1S/C43H41N8P2/c1-26(2)52-40-14-28-10-8-12-46-32(28)18-36(40)50(5)38-20-33-29(11-9-13-47-33)16-42(38)53(7,27(3)4)43-17-31-23-45-25-49-35(31)21-39(43)51(6)37-19-34-30(15-41(37)52)22-44-24-48-34/h8-27H,1-7H3/q+1. The van der Waals surface area contributed by atoms with Crippen LogP contribution in [0.15, 0.2) is 110 Å². The van der Waals surface area contributed by atoms with Crippen LogP contribution in [-0.4, -0.2) is 62.0 Å². The molecule has 0 bridgehead atoms. The molecule has 10 heteroatoms. The zero-order valence-corrected chi connectivity index (χ0v) is 32.8. The van der Waals surface area contributed by atoms with Gasteiger partial charge in [0, 0.05) is 71.0 Å². The van der Waals surface area contributed by atoms with E-state index in [4.69, 9.17) is 19.9 Å². The Hall–Kier alpha value is -5.16. The third-order valence-electron chi connectivity index (χ3n) is 11.1. The van der Waals surface area contributed by atoms with Gasteiger partial charge < -0.3 is 9.80 Å². The van der Waals surface area contributed by atoms with E-state index in [0.717, 1.165) is 60.7 Å². The highest BCUT2D eigenvalue weighted by Crippen LogP contribution is 2.62. The Balaban J connectivity index is 1.50. The van der Waals surface area contributed by atoms with E-state index in [1.165, 1.54) is 26.9 Å². The summed E-state index contributed by atoms with van der Waals surface area (Å²) in [5, 5.41) is 9.60. The van der Waals surface area contributed by atoms with Crippen molar-refractivity contribution >= 4 is 103 Å². The van der Waals surface area contributed by atoms with Gasteiger partial charge in [0.1, 0.15) is 23.3 Å². The van der Waals surface area contributed by atoms with E-state index in [2.05, 4.69) is 129 Å². The normalized spacial score (nSPS) is 17.5. The summed E-state index contributed by atoms with van der Waals surface area (Å²) in [4.78, 5) is 33.1. The number of hydrogen-bond acceptors (Lipinski definition) is 8. The van der Waals surface area contributed by atoms with Gasteiger partial charge in [-0.25, -0.2) is 19.9 Å². The minimum atomic E-state index is -2.21. The molecule has 0 fully saturated rings. The first-order valence-electron chi connectivity index (χ1n) is 18.0. The molecule has 0 N–H and O–H groups in total. The maximum Gasteiger partial charge on any atom is 0.123 e. The average molecular weight is 732 g/mol. The van der Waals surface area contributed by atoms with E-state index >= 15 is 0 Å². The van der Waals surface area contributed by atoms with Crippen LogP contribution >= 0.6 is 15.2 Å². The van der Waals surface area contributed by atoms with Crippen molar-refractivity contribution in [2.45, 2.75) is 39.0 Å². The Bertz CT molecular complexity index is 2560.